The Morgan fingerprint density at radius 1 is 1.27 bits per heavy atom. The van der Waals surface area contributed by atoms with E-state index < -0.39 is 11.8 Å². The maximum atomic E-state index is 12.7. The molecule has 1 aromatic heterocycles. The molecular weight excluding hydrogens is 391 g/mol. The number of nitrogens with two attached hydrogens (primary N) is 1. The summed E-state index contributed by atoms with van der Waals surface area (Å²) in [7, 11) is 0. The molecule has 138 valence electrons. The van der Waals surface area contributed by atoms with E-state index in [1.54, 1.807) is 18.2 Å². The van der Waals surface area contributed by atoms with Gasteiger partial charge in [-0.1, -0.05) is 49.0 Å². The average molecular weight is 411 g/mol. The third kappa shape index (κ3) is 3.75. The van der Waals surface area contributed by atoms with Crippen molar-refractivity contribution in [2.45, 2.75) is 39.0 Å². The highest BCUT2D eigenvalue weighted by Crippen LogP contribution is 2.41. The van der Waals surface area contributed by atoms with E-state index in [9.17, 15) is 9.59 Å². The Hall–Kier alpha value is -1.56. The van der Waals surface area contributed by atoms with E-state index in [0.29, 0.717) is 16.5 Å². The Balaban J connectivity index is 1.93. The van der Waals surface area contributed by atoms with Crippen molar-refractivity contribution in [3.8, 4) is 0 Å². The van der Waals surface area contributed by atoms with Crippen LogP contribution in [0.1, 0.15) is 57.3 Å². The molecule has 0 radical (unpaired) electrons. The van der Waals surface area contributed by atoms with Crippen molar-refractivity contribution < 1.29 is 9.59 Å². The zero-order chi connectivity index (χ0) is 18.8. The van der Waals surface area contributed by atoms with Gasteiger partial charge in [-0.2, -0.15) is 0 Å². The van der Waals surface area contributed by atoms with Crippen LogP contribution in [-0.4, -0.2) is 11.8 Å². The minimum atomic E-state index is -0.517. The zero-order valence-corrected chi connectivity index (χ0v) is 16.7. The Bertz CT molecular complexity index is 843. The number of hydrogen-bond acceptors (Lipinski definition) is 3. The SMILES string of the molecule is CCC[C@@H]1CCc2c(sc(NC(=O)c3c(Cl)cccc3Cl)c2C(N)=O)C1. The highest BCUT2D eigenvalue weighted by molar-refractivity contribution is 7.17. The van der Waals surface area contributed by atoms with Crippen molar-refractivity contribution in [1.29, 1.82) is 0 Å². The first-order valence-corrected chi connectivity index (χ1v) is 10.2. The Labute approximate surface area is 166 Å². The van der Waals surface area contributed by atoms with Gasteiger partial charge in [-0.15, -0.1) is 11.3 Å². The van der Waals surface area contributed by atoms with Crippen LogP contribution in [0.4, 0.5) is 5.00 Å². The van der Waals surface area contributed by atoms with Gasteiger partial charge in [0.25, 0.3) is 11.8 Å². The fraction of sp³-hybridized carbons (Fsp3) is 0.368. The number of rotatable bonds is 5. The molecule has 1 atom stereocenters. The molecule has 7 heteroatoms. The van der Waals surface area contributed by atoms with E-state index >= 15 is 0 Å². The van der Waals surface area contributed by atoms with E-state index in [2.05, 4.69) is 12.2 Å². The zero-order valence-electron chi connectivity index (χ0n) is 14.4. The number of thiophene rings is 1. The van der Waals surface area contributed by atoms with Crippen LogP contribution in [0.25, 0.3) is 0 Å². The van der Waals surface area contributed by atoms with Gasteiger partial charge in [0.05, 0.1) is 21.2 Å². The molecule has 3 N–H and O–H groups in total. The van der Waals surface area contributed by atoms with Crippen molar-refractivity contribution in [2.24, 2.45) is 11.7 Å². The minimum Gasteiger partial charge on any atom is -0.365 e. The van der Waals surface area contributed by atoms with Crippen LogP contribution in [0.5, 0.6) is 0 Å². The predicted molar refractivity (Wildman–Crippen MR) is 108 cm³/mol. The second-order valence-corrected chi connectivity index (χ2v) is 8.44. The number of halogens is 2. The van der Waals surface area contributed by atoms with E-state index in [1.165, 1.54) is 17.8 Å². The summed E-state index contributed by atoms with van der Waals surface area (Å²) < 4.78 is 0. The molecule has 1 aliphatic rings. The molecule has 0 aliphatic heterocycles. The van der Waals surface area contributed by atoms with Crippen LogP contribution in [0, 0.1) is 5.92 Å². The van der Waals surface area contributed by atoms with Crippen LogP contribution < -0.4 is 11.1 Å². The first-order chi connectivity index (χ1) is 12.4. The third-order valence-corrected chi connectivity index (χ3v) is 6.53. The number of carbonyl (C=O) groups excluding carboxylic acids is 2. The number of benzene rings is 1. The van der Waals surface area contributed by atoms with Crippen LogP contribution in [-0.2, 0) is 12.8 Å². The van der Waals surface area contributed by atoms with Gasteiger partial charge >= 0.3 is 0 Å². The predicted octanol–water partition coefficient (Wildman–Crippen LogP) is 5.31. The molecule has 0 unspecified atom stereocenters. The number of fused-ring (bicyclic) bond motifs is 1. The Morgan fingerprint density at radius 3 is 2.58 bits per heavy atom. The monoisotopic (exact) mass is 410 g/mol. The molecule has 0 saturated heterocycles. The summed E-state index contributed by atoms with van der Waals surface area (Å²) >= 11 is 13.7. The lowest BCUT2D eigenvalue weighted by molar-refractivity contribution is 0.1000. The highest BCUT2D eigenvalue weighted by Gasteiger charge is 2.29. The Morgan fingerprint density at radius 2 is 1.96 bits per heavy atom. The van der Waals surface area contributed by atoms with Crippen molar-refractivity contribution in [1.82, 2.24) is 0 Å². The number of primary amides is 1. The van der Waals surface area contributed by atoms with Gasteiger partial charge in [-0.25, -0.2) is 0 Å². The van der Waals surface area contributed by atoms with Crippen molar-refractivity contribution in [2.75, 3.05) is 5.32 Å². The largest absolute Gasteiger partial charge is 0.365 e. The summed E-state index contributed by atoms with van der Waals surface area (Å²) in [5, 5.41) is 3.82. The highest BCUT2D eigenvalue weighted by atomic mass is 35.5. The maximum absolute atomic E-state index is 12.7. The molecule has 0 bridgehead atoms. The van der Waals surface area contributed by atoms with Gasteiger partial charge in [0.15, 0.2) is 0 Å². The smallest absolute Gasteiger partial charge is 0.259 e. The van der Waals surface area contributed by atoms with E-state index in [-0.39, 0.29) is 15.6 Å². The first kappa shape index (κ1) is 19.2. The quantitative estimate of drug-likeness (QED) is 0.700. The molecule has 1 heterocycles. The van der Waals surface area contributed by atoms with E-state index in [4.69, 9.17) is 28.9 Å². The molecule has 2 aromatic rings. The van der Waals surface area contributed by atoms with Crippen molar-refractivity contribution >= 4 is 51.4 Å². The molecule has 1 aliphatic carbocycles. The lowest BCUT2D eigenvalue weighted by atomic mass is 9.84. The molecule has 0 fully saturated rings. The number of anilines is 1. The summed E-state index contributed by atoms with van der Waals surface area (Å²) in [6, 6.07) is 4.88. The van der Waals surface area contributed by atoms with Crippen molar-refractivity contribution in [3.63, 3.8) is 0 Å². The van der Waals surface area contributed by atoms with Gasteiger partial charge in [-0.05, 0) is 42.9 Å². The Kier molecular flexibility index (Phi) is 5.90. The first-order valence-electron chi connectivity index (χ1n) is 8.62. The molecular formula is C19H20Cl2N2O2S. The second kappa shape index (κ2) is 7.99. The van der Waals surface area contributed by atoms with E-state index in [1.807, 2.05) is 0 Å². The molecule has 0 spiro atoms. The average Bonchev–Trinajstić information content (AvgIpc) is 2.92. The molecule has 4 nitrogen and oxygen atoms in total. The van der Waals surface area contributed by atoms with Gasteiger partial charge in [-0.3, -0.25) is 9.59 Å². The minimum absolute atomic E-state index is 0.196. The van der Waals surface area contributed by atoms with Crippen LogP contribution in [0.2, 0.25) is 10.0 Å². The maximum Gasteiger partial charge on any atom is 0.259 e. The lowest BCUT2D eigenvalue weighted by Gasteiger charge is -2.21. The molecule has 26 heavy (non-hydrogen) atoms. The molecule has 1 aromatic carbocycles. The summed E-state index contributed by atoms with van der Waals surface area (Å²) in [6.45, 7) is 2.18. The number of carbonyl (C=O) groups is 2. The normalized spacial score (nSPS) is 16.2. The standard InChI is InChI=1S/C19H20Cl2N2O2S/c1-2-4-10-7-8-11-14(9-10)26-19(15(11)17(22)24)23-18(25)16-12(20)5-3-6-13(16)21/h3,5-6,10H,2,4,7-9H2,1H3,(H2,22,24)(H,23,25)/t10-/m1/s1. The fourth-order valence-electron chi connectivity index (χ4n) is 3.54. The molecule has 3 rings (SSSR count). The third-order valence-electron chi connectivity index (χ3n) is 4.73. The van der Waals surface area contributed by atoms with Gasteiger partial charge in [0.1, 0.15) is 5.00 Å². The lowest BCUT2D eigenvalue weighted by Crippen LogP contribution is -2.20. The summed E-state index contributed by atoms with van der Waals surface area (Å²) in [5.41, 5.74) is 7.22. The van der Waals surface area contributed by atoms with Crippen LogP contribution in [0.15, 0.2) is 18.2 Å². The van der Waals surface area contributed by atoms with Crippen LogP contribution in [0.3, 0.4) is 0 Å². The topological polar surface area (TPSA) is 72.2 Å². The van der Waals surface area contributed by atoms with Gasteiger partial charge in [0, 0.05) is 4.88 Å². The summed E-state index contributed by atoms with van der Waals surface area (Å²) in [5.74, 6) is -0.336. The fourth-order valence-corrected chi connectivity index (χ4v) is 5.47. The van der Waals surface area contributed by atoms with Gasteiger partial charge < -0.3 is 11.1 Å². The number of hydrogen-bond donors (Lipinski definition) is 2. The summed E-state index contributed by atoms with van der Waals surface area (Å²) in [4.78, 5) is 25.9. The summed E-state index contributed by atoms with van der Waals surface area (Å²) in [6.07, 6.45) is 5.10. The number of amides is 2. The van der Waals surface area contributed by atoms with Gasteiger partial charge in [0.2, 0.25) is 0 Å². The second-order valence-electron chi connectivity index (χ2n) is 6.52. The van der Waals surface area contributed by atoms with Crippen LogP contribution >= 0.6 is 34.5 Å². The molecule has 0 saturated carbocycles. The molecule has 2 amide bonds. The number of nitrogens with one attached hydrogen (secondary N) is 1. The van der Waals surface area contributed by atoms with Crippen molar-refractivity contribution in [3.05, 3.63) is 49.8 Å². The van der Waals surface area contributed by atoms with E-state index in [0.717, 1.165) is 36.1 Å².